The highest BCUT2D eigenvalue weighted by Gasteiger charge is 2.56. The minimum absolute atomic E-state index is 0.154. The quantitative estimate of drug-likeness (QED) is 0.675. The summed E-state index contributed by atoms with van der Waals surface area (Å²) < 4.78 is 6.72. The summed E-state index contributed by atoms with van der Waals surface area (Å²) in [5, 5.41) is 0. The van der Waals surface area contributed by atoms with Gasteiger partial charge < -0.3 is 9.64 Å². The molecule has 1 spiro atoms. The van der Waals surface area contributed by atoms with Gasteiger partial charge in [0.25, 0.3) is 0 Å². The molecule has 1 aromatic carbocycles. The lowest BCUT2D eigenvalue weighted by Crippen LogP contribution is -2.67. The number of halogens is 1. The third-order valence-corrected chi connectivity index (χ3v) is 6.79. The van der Waals surface area contributed by atoms with Crippen LogP contribution < -0.4 is 0 Å². The summed E-state index contributed by atoms with van der Waals surface area (Å²) in [5.74, 6) is 0. The second kappa shape index (κ2) is 6.52. The Balaban J connectivity index is 1.33. The summed E-state index contributed by atoms with van der Waals surface area (Å²) in [6.07, 6.45) is 4.80. The second-order valence-electron chi connectivity index (χ2n) is 9.32. The number of hydrogen-bond donors (Lipinski definition) is 0. The Morgan fingerprint density at radius 2 is 1.92 bits per heavy atom. The summed E-state index contributed by atoms with van der Waals surface area (Å²) >= 11 is 3.73. The third-order valence-electron chi connectivity index (χ3n) is 6.07. The number of hydrogen-bond acceptors (Lipinski definition) is 3. The van der Waals surface area contributed by atoms with Gasteiger partial charge in [0.1, 0.15) is 5.60 Å². The van der Waals surface area contributed by atoms with Crippen LogP contribution in [0.3, 0.4) is 0 Å². The van der Waals surface area contributed by atoms with Gasteiger partial charge in [-0.15, -0.1) is 0 Å². The minimum atomic E-state index is -0.409. The van der Waals surface area contributed by atoms with E-state index in [1.165, 1.54) is 42.3 Å². The van der Waals surface area contributed by atoms with Crippen molar-refractivity contribution in [1.82, 2.24) is 9.80 Å². The van der Waals surface area contributed by atoms with E-state index in [0.717, 1.165) is 13.1 Å². The molecule has 2 saturated heterocycles. The highest BCUT2D eigenvalue weighted by atomic mass is 79.9. The molecule has 142 valence electrons. The van der Waals surface area contributed by atoms with Crippen molar-refractivity contribution < 1.29 is 9.53 Å². The first-order valence-electron chi connectivity index (χ1n) is 9.75. The number of amides is 1. The molecule has 1 atom stereocenters. The molecule has 0 aromatic heterocycles. The average molecular weight is 421 g/mol. The van der Waals surface area contributed by atoms with Gasteiger partial charge in [-0.05, 0) is 64.6 Å². The number of ether oxygens (including phenoxy) is 1. The van der Waals surface area contributed by atoms with E-state index in [-0.39, 0.29) is 6.09 Å². The van der Waals surface area contributed by atoms with E-state index in [0.29, 0.717) is 17.5 Å². The Hall–Kier alpha value is -1.07. The molecule has 4 rings (SSSR count). The largest absolute Gasteiger partial charge is 0.444 e. The summed E-state index contributed by atoms with van der Waals surface area (Å²) in [6, 6.07) is 9.84. The number of nitrogens with zero attached hydrogens (tertiary/aromatic N) is 2. The molecule has 3 fully saturated rings. The van der Waals surface area contributed by atoms with Crippen LogP contribution in [0.4, 0.5) is 4.79 Å². The summed E-state index contributed by atoms with van der Waals surface area (Å²) in [5.41, 5.74) is 1.37. The summed E-state index contributed by atoms with van der Waals surface area (Å²) in [7, 11) is 0. The molecular formula is C21H29BrN2O2. The van der Waals surface area contributed by atoms with Crippen molar-refractivity contribution in [3.8, 4) is 0 Å². The number of carbonyl (C=O) groups excluding carboxylic acids is 1. The Morgan fingerprint density at radius 3 is 2.58 bits per heavy atom. The maximum absolute atomic E-state index is 12.2. The van der Waals surface area contributed by atoms with Crippen molar-refractivity contribution in [1.29, 1.82) is 0 Å². The molecule has 0 N–H and O–H groups in total. The standard InChI is InChI=1S/C21H29BrN2O2/c1-20(2,3)26-19(25)23-13-21(14-23)11-15(12-21)24-10-6-9-18(24)16-7-4-5-8-17(16)22/h4-5,7-8,15,18H,6,9-14H2,1-3H3/t18-/m0/s1. The van der Waals surface area contributed by atoms with Gasteiger partial charge in [0.2, 0.25) is 0 Å². The predicted molar refractivity (Wildman–Crippen MR) is 106 cm³/mol. The zero-order chi connectivity index (χ0) is 18.5. The van der Waals surface area contributed by atoms with Crippen molar-refractivity contribution >= 4 is 22.0 Å². The van der Waals surface area contributed by atoms with Crippen molar-refractivity contribution in [2.45, 2.75) is 64.1 Å². The smallest absolute Gasteiger partial charge is 0.410 e. The fourth-order valence-corrected chi connectivity index (χ4v) is 5.51. The minimum Gasteiger partial charge on any atom is -0.444 e. The van der Waals surface area contributed by atoms with Crippen LogP contribution in [-0.4, -0.2) is 47.2 Å². The predicted octanol–water partition coefficient (Wildman–Crippen LogP) is 4.99. The molecule has 2 aliphatic heterocycles. The first-order valence-corrected chi connectivity index (χ1v) is 10.5. The van der Waals surface area contributed by atoms with E-state index in [9.17, 15) is 4.79 Å². The molecule has 1 amide bonds. The van der Waals surface area contributed by atoms with Gasteiger partial charge in [-0.3, -0.25) is 4.90 Å². The molecule has 3 aliphatic rings. The molecule has 0 unspecified atom stereocenters. The number of rotatable bonds is 2. The Bertz CT molecular complexity index is 685. The lowest BCUT2D eigenvalue weighted by atomic mass is 9.60. The average Bonchev–Trinajstić information content (AvgIpc) is 2.92. The summed E-state index contributed by atoms with van der Waals surface area (Å²) in [4.78, 5) is 16.8. The molecule has 0 bridgehead atoms. The Labute approximate surface area is 165 Å². The van der Waals surface area contributed by atoms with Gasteiger partial charge in [0.05, 0.1) is 0 Å². The van der Waals surface area contributed by atoms with Gasteiger partial charge in [-0.25, -0.2) is 4.79 Å². The molecule has 26 heavy (non-hydrogen) atoms. The van der Waals surface area contributed by atoms with Gasteiger partial charge >= 0.3 is 6.09 Å². The van der Waals surface area contributed by atoms with Crippen LogP contribution in [0.15, 0.2) is 28.7 Å². The van der Waals surface area contributed by atoms with Crippen molar-refractivity contribution in [3.63, 3.8) is 0 Å². The molecule has 1 saturated carbocycles. The lowest BCUT2D eigenvalue weighted by molar-refractivity contribution is -0.110. The molecule has 2 heterocycles. The van der Waals surface area contributed by atoms with E-state index in [1.807, 2.05) is 25.7 Å². The normalized spacial score (nSPS) is 25.8. The van der Waals surface area contributed by atoms with Crippen LogP contribution in [0.1, 0.15) is 58.1 Å². The Morgan fingerprint density at radius 1 is 1.23 bits per heavy atom. The molecule has 1 aliphatic carbocycles. The summed E-state index contributed by atoms with van der Waals surface area (Å²) in [6.45, 7) is 8.71. The zero-order valence-electron chi connectivity index (χ0n) is 16.0. The first kappa shape index (κ1) is 18.3. The fourth-order valence-electron chi connectivity index (χ4n) is 4.96. The number of likely N-dealkylation sites (tertiary alicyclic amines) is 2. The van der Waals surface area contributed by atoms with Crippen molar-refractivity contribution in [3.05, 3.63) is 34.3 Å². The molecule has 5 heteroatoms. The second-order valence-corrected chi connectivity index (χ2v) is 10.2. The number of carbonyl (C=O) groups is 1. The van der Waals surface area contributed by atoms with Crippen LogP contribution in [0.25, 0.3) is 0 Å². The molecular weight excluding hydrogens is 392 g/mol. The maximum atomic E-state index is 12.2. The van der Waals surface area contributed by atoms with Crippen LogP contribution >= 0.6 is 15.9 Å². The molecule has 1 aromatic rings. The van der Waals surface area contributed by atoms with E-state index in [4.69, 9.17) is 4.74 Å². The van der Waals surface area contributed by atoms with Gasteiger partial charge in [0.15, 0.2) is 0 Å². The lowest BCUT2D eigenvalue weighted by Gasteiger charge is -2.61. The molecule has 4 nitrogen and oxygen atoms in total. The van der Waals surface area contributed by atoms with E-state index < -0.39 is 5.60 Å². The van der Waals surface area contributed by atoms with Crippen LogP contribution in [0.5, 0.6) is 0 Å². The van der Waals surface area contributed by atoms with Crippen LogP contribution in [0.2, 0.25) is 0 Å². The molecule has 0 radical (unpaired) electrons. The fraction of sp³-hybridized carbons (Fsp3) is 0.667. The monoisotopic (exact) mass is 420 g/mol. The van der Waals surface area contributed by atoms with Crippen LogP contribution in [0, 0.1) is 5.41 Å². The highest BCUT2D eigenvalue weighted by molar-refractivity contribution is 9.10. The Kier molecular flexibility index (Phi) is 4.59. The van der Waals surface area contributed by atoms with Crippen LogP contribution in [-0.2, 0) is 4.74 Å². The van der Waals surface area contributed by atoms with Gasteiger partial charge in [0, 0.05) is 35.1 Å². The topological polar surface area (TPSA) is 32.8 Å². The van der Waals surface area contributed by atoms with E-state index in [2.05, 4.69) is 45.1 Å². The SMILES string of the molecule is CC(C)(C)OC(=O)N1CC2(CC(N3CCC[C@H]3c3ccccc3Br)C2)C1. The van der Waals surface area contributed by atoms with Gasteiger partial charge in [-0.2, -0.15) is 0 Å². The van der Waals surface area contributed by atoms with Crippen molar-refractivity contribution in [2.24, 2.45) is 5.41 Å². The van der Waals surface area contributed by atoms with Gasteiger partial charge in [-0.1, -0.05) is 34.1 Å². The van der Waals surface area contributed by atoms with E-state index >= 15 is 0 Å². The van der Waals surface area contributed by atoms with E-state index in [1.54, 1.807) is 0 Å². The first-order chi connectivity index (χ1) is 12.3. The van der Waals surface area contributed by atoms with Crippen molar-refractivity contribution in [2.75, 3.05) is 19.6 Å². The maximum Gasteiger partial charge on any atom is 0.410 e. The third kappa shape index (κ3) is 3.40. The highest BCUT2D eigenvalue weighted by Crippen LogP contribution is 2.53. The zero-order valence-corrected chi connectivity index (χ0v) is 17.6. The number of benzene rings is 1.